The van der Waals surface area contributed by atoms with E-state index in [-0.39, 0.29) is 29.6 Å². The van der Waals surface area contributed by atoms with E-state index in [4.69, 9.17) is 4.74 Å². The summed E-state index contributed by atoms with van der Waals surface area (Å²) in [6.45, 7) is 7.54. The fourth-order valence-corrected chi connectivity index (χ4v) is 4.07. The second-order valence-corrected chi connectivity index (χ2v) is 8.66. The van der Waals surface area contributed by atoms with Crippen molar-refractivity contribution in [3.05, 3.63) is 48.3 Å². The Morgan fingerprint density at radius 3 is 2.56 bits per heavy atom. The maximum Gasteiger partial charge on any atom is 0.264 e. The third kappa shape index (κ3) is 4.61. The molecule has 9 heteroatoms. The van der Waals surface area contributed by atoms with E-state index in [0.29, 0.717) is 28.6 Å². The van der Waals surface area contributed by atoms with Crippen LogP contribution in [-0.4, -0.2) is 50.5 Å². The number of H-pyrrole nitrogens is 1. The first-order valence-corrected chi connectivity index (χ1v) is 10.4. The van der Waals surface area contributed by atoms with Crippen LogP contribution in [0, 0.1) is 5.92 Å². The van der Waals surface area contributed by atoms with Crippen molar-refractivity contribution < 1.29 is 13.5 Å². The molecule has 2 atom stereocenters. The number of ether oxygens (including phenoxy) is 1. The molecule has 0 amide bonds. The molecule has 6 nitrogen and oxygen atoms in total. The molecular formula is C23H28ClF2N5O. The van der Waals surface area contributed by atoms with Gasteiger partial charge in [0.05, 0.1) is 11.9 Å². The molecule has 3 heterocycles. The van der Waals surface area contributed by atoms with Gasteiger partial charge in [0.1, 0.15) is 6.10 Å². The van der Waals surface area contributed by atoms with Crippen LogP contribution in [0.25, 0.3) is 22.4 Å². The molecule has 1 aliphatic heterocycles. The molecule has 0 radical (unpaired) electrons. The monoisotopic (exact) mass is 463 g/mol. The normalized spacial score (nSPS) is 20.7. The number of aromatic nitrogens is 4. The zero-order valence-corrected chi connectivity index (χ0v) is 19.4. The highest BCUT2D eigenvalue weighted by Gasteiger charge is 2.40. The number of hydrogen-bond acceptors (Lipinski definition) is 5. The summed E-state index contributed by atoms with van der Waals surface area (Å²) in [5.41, 5.74) is 2.08. The Morgan fingerprint density at radius 1 is 1.16 bits per heavy atom. The summed E-state index contributed by atoms with van der Waals surface area (Å²) >= 11 is 0. The Kier molecular flexibility index (Phi) is 7.15. The van der Waals surface area contributed by atoms with Crippen LogP contribution in [0.2, 0.25) is 0 Å². The summed E-state index contributed by atoms with van der Waals surface area (Å²) in [4.78, 5) is 2.34. The highest BCUT2D eigenvalue weighted by Crippen LogP contribution is 2.36. The second kappa shape index (κ2) is 9.50. The summed E-state index contributed by atoms with van der Waals surface area (Å²) in [5, 5.41) is 14.9. The smallest absolute Gasteiger partial charge is 0.264 e. The predicted molar refractivity (Wildman–Crippen MR) is 122 cm³/mol. The van der Waals surface area contributed by atoms with Crippen LogP contribution in [0.5, 0.6) is 5.88 Å². The first kappa shape index (κ1) is 24.1. The number of nitrogens with zero attached hydrogens (tertiary/aromatic N) is 4. The molecule has 1 aromatic carbocycles. The number of likely N-dealkylation sites (tertiary alicyclic amines) is 1. The number of hydrogen-bond donors (Lipinski definition) is 1. The number of aromatic amines is 1. The van der Waals surface area contributed by atoms with Crippen molar-refractivity contribution in [2.24, 2.45) is 5.92 Å². The van der Waals surface area contributed by atoms with Crippen LogP contribution >= 0.6 is 12.4 Å². The Balaban J connectivity index is 0.00000289. The van der Waals surface area contributed by atoms with Crippen LogP contribution in [0.15, 0.2) is 42.7 Å². The molecule has 2 aromatic heterocycles. The van der Waals surface area contributed by atoms with Crippen LogP contribution in [0.1, 0.15) is 39.2 Å². The number of halogens is 3. The number of piperidine rings is 1. The average Bonchev–Trinajstić information content (AvgIpc) is 3.30. The van der Waals surface area contributed by atoms with E-state index >= 15 is 0 Å². The Hall–Kier alpha value is -2.58. The van der Waals surface area contributed by atoms with Gasteiger partial charge in [0.15, 0.2) is 0 Å². The standard InChI is InChI=1S/C23H27F2N5O.ClH/c1-14-20(9-10-30(4)23(14,2)3)31-21-8-7-19(28-29-21)17-6-5-15(11-18(17)22(24)25)16-12-26-27-13-16;/h5-8,11-14,20,22H,9-10H2,1-4H3,(H,26,27);1H. The van der Waals surface area contributed by atoms with Gasteiger partial charge in [-0.15, -0.1) is 22.6 Å². The van der Waals surface area contributed by atoms with E-state index in [0.717, 1.165) is 18.5 Å². The largest absolute Gasteiger partial charge is 0.473 e. The van der Waals surface area contributed by atoms with Crippen LogP contribution < -0.4 is 4.74 Å². The summed E-state index contributed by atoms with van der Waals surface area (Å²) < 4.78 is 33.7. The number of benzene rings is 1. The molecule has 0 aliphatic carbocycles. The lowest BCUT2D eigenvalue weighted by Crippen LogP contribution is -2.56. The van der Waals surface area contributed by atoms with Crippen molar-refractivity contribution in [2.75, 3.05) is 13.6 Å². The Labute approximate surface area is 192 Å². The van der Waals surface area contributed by atoms with Gasteiger partial charge in [-0.3, -0.25) is 5.10 Å². The van der Waals surface area contributed by atoms with Gasteiger partial charge < -0.3 is 9.64 Å². The zero-order chi connectivity index (χ0) is 22.2. The molecule has 32 heavy (non-hydrogen) atoms. The number of alkyl halides is 2. The lowest BCUT2D eigenvalue weighted by molar-refractivity contribution is -0.0301. The molecule has 0 bridgehead atoms. The molecule has 0 spiro atoms. The van der Waals surface area contributed by atoms with Crippen molar-refractivity contribution >= 4 is 12.4 Å². The fraction of sp³-hybridized carbons (Fsp3) is 0.435. The Morgan fingerprint density at radius 2 is 1.94 bits per heavy atom. The minimum absolute atomic E-state index is 0. The molecule has 1 saturated heterocycles. The van der Waals surface area contributed by atoms with Crippen molar-refractivity contribution in [1.82, 2.24) is 25.3 Å². The van der Waals surface area contributed by atoms with Gasteiger partial charge in [0, 0.05) is 47.0 Å². The minimum Gasteiger partial charge on any atom is -0.473 e. The molecule has 1 aliphatic rings. The van der Waals surface area contributed by atoms with Gasteiger partial charge >= 0.3 is 0 Å². The minimum atomic E-state index is -2.64. The van der Waals surface area contributed by atoms with Crippen LogP contribution in [0.3, 0.4) is 0 Å². The van der Waals surface area contributed by atoms with E-state index in [1.54, 1.807) is 36.7 Å². The molecule has 3 aromatic rings. The molecular weight excluding hydrogens is 436 g/mol. The molecule has 2 unspecified atom stereocenters. The van der Waals surface area contributed by atoms with Crippen molar-refractivity contribution in [2.45, 2.75) is 45.3 Å². The van der Waals surface area contributed by atoms with E-state index in [9.17, 15) is 8.78 Å². The highest BCUT2D eigenvalue weighted by atomic mass is 35.5. The molecule has 1 fully saturated rings. The highest BCUT2D eigenvalue weighted by molar-refractivity contribution is 5.85. The van der Waals surface area contributed by atoms with Gasteiger partial charge in [-0.05, 0) is 45.0 Å². The molecule has 1 N–H and O–H groups in total. The maximum atomic E-state index is 13.8. The predicted octanol–water partition coefficient (Wildman–Crippen LogP) is 5.39. The van der Waals surface area contributed by atoms with Gasteiger partial charge in [0.2, 0.25) is 5.88 Å². The summed E-state index contributed by atoms with van der Waals surface area (Å²) in [7, 11) is 2.12. The SMILES string of the molecule is CC1C(Oc2ccc(-c3ccc(-c4cn[nH]c4)cc3C(F)F)nn2)CCN(C)C1(C)C.Cl. The van der Waals surface area contributed by atoms with E-state index in [1.165, 1.54) is 6.07 Å². The van der Waals surface area contributed by atoms with Crippen molar-refractivity contribution in [3.8, 4) is 28.3 Å². The number of rotatable bonds is 5. The second-order valence-electron chi connectivity index (χ2n) is 8.66. The van der Waals surface area contributed by atoms with Gasteiger partial charge in [-0.2, -0.15) is 5.10 Å². The molecule has 0 saturated carbocycles. The van der Waals surface area contributed by atoms with Crippen molar-refractivity contribution in [3.63, 3.8) is 0 Å². The topological polar surface area (TPSA) is 66.9 Å². The Bertz CT molecular complexity index is 1030. The average molecular weight is 464 g/mol. The van der Waals surface area contributed by atoms with E-state index in [1.807, 2.05) is 0 Å². The van der Waals surface area contributed by atoms with E-state index < -0.39 is 6.43 Å². The summed E-state index contributed by atoms with van der Waals surface area (Å²) in [6.07, 6.45) is 1.55. The van der Waals surface area contributed by atoms with Gasteiger partial charge in [0.25, 0.3) is 6.43 Å². The van der Waals surface area contributed by atoms with Crippen LogP contribution in [0.4, 0.5) is 8.78 Å². The van der Waals surface area contributed by atoms with Crippen LogP contribution in [-0.2, 0) is 0 Å². The third-order valence-corrected chi connectivity index (χ3v) is 6.71. The lowest BCUT2D eigenvalue weighted by Gasteiger charge is -2.48. The first-order chi connectivity index (χ1) is 14.8. The summed E-state index contributed by atoms with van der Waals surface area (Å²) in [6, 6.07) is 8.29. The summed E-state index contributed by atoms with van der Waals surface area (Å²) in [5.74, 6) is 0.711. The lowest BCUT2D eigenvalue weighted by atomic mass is 9.79. The first-order valence-electron chi connectivity index (χ1n) is 10.4. The molecule has 4 rings (SSSR count). The maximum absolute atomic E-state index is 13.8. The third-order valence-electron chi connectivity index (χ3n) is 6.71. The number of nitrogens with one attached hydrogen (secondary N) is 1. The van der Waals surface area contributed by atoms with Gasteiger partial charge in [-0.1, -0.05) is 19.1 Å². The fourth-order valence-electron chi connectivity index (χ4n) is 4.07. The molecule has 172 valence electrons. The van der Waals surface area contributed by atoms with Gasteiger partial charge in [-0.25, -0.2) is 8.78 Å². The van der Waals surface area contributed by atoms with Crippen molar-refractivity contribution in [1.29, 1.82) is 0 Å². The quantitative estimate of drug-likeness (QED) is 0.549. The zero-order valence-electron chi connectivity index (χ0n) is 18.5. The van der Waals surface area contributed by atoms with E-state index in [2.05, 4.69) is 53.1 Å².